The van der Waals surface area contributed by atoms with Crippen LogP contribution in [-0.4, -0.2) is 37.6 Å². The van der Waals surface area contributed by atoms with E-state index >= 15 is 0 Å². The van der Waals surface area contributed by atoms with Gasteiger partial charge in [0.05, 0.1) is 16.7 Å². The maximum Gasteiger partial charge on any atom is 0.186 e. The number of ether oxygens (including phenoxy) is 1. The smallest absolute Gasteiger partial charge is 0.186 e. The van der Waals surface area contributed by atoms with Crippen molar-refractivity contribution in [2.45, 2.75) is 38.2 Å². The lowest BCUT2D eigenvalue weighted by Gasteiger charge is -2.36. The molecule has 0 aromatic carbocycles. The van der Waals surface area contributed by atoms with Crippen molar-refractivity contribution >= 4 is 22.8 Å². The zero-order valence-corrected chi connectivity index (χ0v) is 12.3. The molecule has 1 aliphatic heterocycles. The van der Waals surface area contributed by atoms with E-state index in [0.717, 1.165) is 41.5 Å². The van der Waals surface area contributed by atoms with Crippen molar-refractivity contribution in [2.75, 3.05) is 25.1 Å². The van der Waals surface area contributed by atoms with E-state index in [1.807, 2.05) is 0 Å². The molecule has 1 aromatic rings. The van der Waals surface area contributed by atoms with Gasteiger partial charge in [-0.25, -0.2) is 4.98 Å². The molecule has 0 spiro atoms. The van der Waals surface area contributed by atoms with Crippen molar-refractivity contribution < 1.29 is 9.53 Å². The third-order valence-corrected chi connectivity index (χ3v) is 5.26. The van der Waals surface area contributed by atoms with Gasteiger partial charge in [-0.3, -0.25) is 4.79 Å². The first kappa shape index (κ1) is 13.1. The maximum atomic E-state index is 11.2. The van der Waals surface area contributed by atoms with Gasteiger partial charge in [-0.1, -0.05) is 18.3 Å². The summed E-state index contributed by atoms with van der Waals surface area (Å²) in [5.41, 5.74) is 1.03. The quantitative estimate of drug-likeness (QED) is 0.795. The standard InChI is InChI=1S/C14H20N2O2S/c1-9-5-6-16(7-11(9)18-2)14-15-13(10-3-4-10)12(8-17)19-14/h8-11H,3-7H2,1-2H3. The lowest BCUT2D eigenvalue weighted by molar-refractivity contribution is 0.0498. The van der Waals surface area contributed by atoms with Crippen molar-refractivity contribution in [2.24, 2.45) is 5.92 Å². The predicted octanol–water partition coefficient (Wildman–Crippen LogP) is 2.69. The SMILES string of the molecule is COC1CN(c2nc(C3CC3)c(C=O)s2)CCC1C. The maximum absolute atomic E-state index is 11.2. The summed E-state index contributed by atoms with van der Waals surface area (Å²) in [6.45, 7) is 4.13. The Morgan fingerprint density at radius 3 is 2.84 bits per heavy atom. The second-order valence-electron chi connectivity index (χ2n) is 5.62. The van der Waals surface area contributed by atoms with E-state index in [2.05, 4.69) is 11.8 Å². The summed E-state index contributed by atoms with van der Waals surface area (Å²) in [7, 11) is 1.78. The summed E-state index contributed by atoms with van der Waals surface area (Å²) >= 11 is 1.54. The minimum atomic E-state index is 0.265. The molecule has 1 saturated carbocycles. The Labute approximate surface area is 117 Å². The first-order valence-corrected chi connectivity index (χ1v) is 7.78. The van der Waals surface area contributed by atoms with E-state index < -0.39 is 0 Å². The van der Waals surface area contributed by atoms with Gasteiger partial charge in [-0.15, -0.1) is 0 Å². The molecule has 4 nitrogen and oxygen atoms in total. The van der Waals surface area contributed by atoms with E-state index in [1.165, 1.54) is 24.2 Å². The van der Waals surface area contributed by atoms with E-state index in [0.29, 0.717) is 11.8 Å². The fraction of sp³-hybridized carbons (Fsp3) is 0.714. The summed E-state index contributed by atoms with van der Waals surface area (Å²) in [5.74, 6) is 1.13. The summed E-state index contributed by atoms with van der Waals surface area (Å²) in [6.07, 6.45) is 4.72. The van der Waals surface area contributed by atoms with Gasteiger partial charge < -0.3 is 9.64 Å². The molecule has 1 aromatic heterocycles. The van der Waals surface area contributed by atoms with Gasteiger partial charge in [-0.2, -0.15) is 0 Å². The first-order chi connectivity index (χ1) is 9.22. The minimum Gasteiger partial charge on any atom is -0.379 e. The van der Waals surface area contributed by atoms with Gasteiger partial charge in [0.25, 0.3) is 0 Å². The molecule has 3 rings (SSSR count). The average Bonchev–Trinajstić information content (AvgIpc) is 3.19. The lowest BCUT2D eigenvalue weighted by Crippen LogP contribution is -2.43. The van der Waals surface area contributed by atoms with Crippen LogP contribution in [0.25, 0.3) is 0 Å². The van der Waals surface area contributed by atoms with Gasteiger partial charge in [0.15, 0.2) is 11.4 Å². The average molecular weight is 280 g/mol. The third kappa shape index (κ3) is 2.54. The summed E-state index contributed by atoms with van der Waals surface area (Å²) in [4.78, 5) is 19.0. The molecule has 0 bridgehead atoms. The van der Waals surface area contributed by atoms with Gasteiger partial charge in [0.1, 0.15) is 0 Å². The van der Waals surface area contributed by atoms with Gasteiger partial charge in [0, 0.05) is 26.1 Å². The molecule has 1 saturated heterocycles. The van der Waals surface area contributed by atoms with E-state index in [1.54, 1.807) is 7.11 Å². The van der Waals surface area contributed by atoms with Crippen LogP contribution in [0.3, 0.4) is 0 Å². The van der Waals surface area contributed by atoms with Crippen LogP contribution in [-0.2, 0) is 4.74 Å². The zero-order chi connectivity index (χ0) is 13.4. The highest BCUT2D eigenvalue weighted by Gasteiger charge is 2.32. The van der Waals surface area contributed by atoms with Crippen LogP contribution in [0.1, 0.15) is 47.5 Å². The summed E-state index contributed by atoms with van der Waals surface area (Å²) in [6, 6.07) is 0. The Hall–Kier alpha value is -0.940. The van der Waals surface area contributed by atoms with Crippen molar-refractivity contribution in [1.29, 1.82) is 0 Å². The number of methoxy groups -OCH3 is 1. The van der Waals surface area contributed by atoms with Crippen LogP contribution >= 0.6 is 11.3 Å². The topological polar surface area (TPSA) is 42.4 Å². The third-order valence-electron chi connectivity index (χ3n) is 4.20. The number of piperidine rings is 1. The highest BCUT2D eigenvalue weighted by Crippen LogP contribution is 2.44. The molecule has 104 valence electrons. The molecular formula is C14H20N2O2S. The van der Waals surface area contributed by atoms with Crippen LogP contribution in [0.4, 0.5) is 5.13 Å². The number of thiazole rings is 1. The number of aromatic nitrogens is 1. The van der Waals surface area contributed by atoms with Crippen LogP contribution in [0, 0.1) is 5.92 Å². The zero-order valence-electron chi connectivity index (χ0n) is 11.5. The van der Waals surface area contributed by atoms with Gasteiger partial charge in [-0.05, 0) is 25.2 Å². The minimum absolute atomic E-state index is 0.265. The molecule has 2 heterocycles. The number of carbonyl (C=O) groups is 1. The number of hydrogen-bond acceptors (Lipinski definition) is 5. The molecule has 2 fully saturated rings. The number of hydrogen-bond donors (Lipinski definition) is 0. The molecule has 0 radical (unpaired) electrons. The summed E-state index contributed by atoms with van der Waals surface area (Å²) < 4.78 is 5.54. The van der Waals surface area contributed by atoms with E-state index in [-0.39, 0.29) is 6.10 Å². The van der Waals surface area contributed by atoms with Gasteiger partial charge >= 0.3 is 0 Å². The Kier molecular flexibility index (Phi) is 3.58. The molecule has 2 atom stereocenters. The predicted molar refractivity (Wildman–Crippen MR) is 76.3 cm³/mol. The fourth-order valence-electron chi connectivity index (χ4n) is 2.71. The largest absolute Gasteiger partial charge is 0.379 e. The van der Waals surface area contributed by atoms with Crippen molar-refractivity contribution in [3.05, 3.63) is 10.6 Å². The highest BCUT2D eigenvalue weighted by atomic mass is 32.1. The molecular weight excluding hydrogens is 260 g/mol. The molecule has 1 aliphatic carbocycles. The number of carbonyl (C=O) groups excluding carboxylic acids is 1. The Morgan fingerprint density at radius 2 is 2.21 bits per heavy atom. The number of nitrogens with zero attached hydrogens (tertiary/aromatic N) is 2. The molecule has 2 unspecified atom stereocenters. The highest BCUT2D eigenvalue weighted by molar-refractivity contribution is 7.17. The first-order valence-electron chi connectivity index (χ1n) is 6.96. The number of rotatable bonds is 4. The molecule has 0 N–H and O–H groups in total. The normalized spacial score (nSPS) is 27.6. The van der Waals surface area contributed by atoms with E-state index in [4.69, 9.17) is 9.72 Å². The Bertz CT molecular complexity index is 470. The lowest BCUT2D eigenvalue weighted by atomic mass is 9.96. The second-order valence-corrected chi connectivity index (χ2v) is 6.63. The van der Waals surface area contributed by atoms with Crippen LogP contribution in [0.5, 0.6) is 0 Å². The monoisotopic (exact) mass is 280 g/mol. The van der Waals surface area contributed by atoms with Crippen LogP contribution < -0.4 is 4.90 Å². The molecule has 0 amide bonds. The number of aldehydes is 1. The van der Waals surface area contributed by atoms with Crippen molar-refractivity contribution in [1.82, 2.24) is 4.98 Å². The van der Waals surface area contributed by atoms with Crippen LogP contribution in [0.15, 0.2) is 0 Å². The fourth-order valence-corrected chi connectivity index (χ4v) is 3.72. The molecule has 19 heavy (non-hydrogen) atoms. The van der Waals surface area contributed by atoms with Crippen LogP contribution in [0.2, 0.25) is 0 Å². The second kappa shape index (κ2) is 5.21. The number of anilines is 1. The Balaban J connectivity index is 1.80. The van der Waals surface area contributed by atoms with Gasteiger partial charge in [0.2, 0.25) is 0 Å². The molecule has 5 heteroatoms. The summed E-state index contributed by atoms with van der Waals surface area (Å²) in [5, 5.41) is 0.998. The van der Waals surface area contributed by atoms with Crippen molar-refractivity contribution in [3.8, 4) is 0 Å². The Morgan fingerprint density at radius 1 is 1.42 bits per heavy atom. The van der Waals surface area contributed by atoms with Crippen molar-refractivity contribution in [3.63, 3.8) is 0 Å². The molecule has 2 aliphatic rings. The van der Waals surface area contributed by atoms with E-state index in [9.17, 15) is 4.79 Å².